The third-order valence-corrected chi connectivity index (χ3v) is 4.27. The van der Waals surface area contributed by atoms with E-state index in [2.05, 4.69) is 5.32 Å². The van der Waals surface area contributed by atoms with Gasteiger partial charge in [-0.1, -0.05) is 42.5 Å². The number of methoxy groups -OCH3 is 1. The molecule has 0 aliphatic rings. The third-order valence-electron chi connectivity index (χ3n) is 4.27. The molecule has 1 amide bonds. The van der Waals surface area contributed by atoms with Gasteiger partial charge in [-0.3, -0.25) is 4.79 Å². The molecule has 3 aromatic carbocycles. The fourth-order valence-electron chi connectivity index (χ4n) is 2.80. The second-order valence-corrected chi connectivity index (χ2v) is 6.33. The number of nitrogens with one attached hydrogen (secondary N) is 1. The number of benzene rings is 3. The van der Waals surface area contributed by atoms with Crippen molar-refractivity contribution >= 4 is 11.9 Å². The number of phenolic OH excluding ortho intramolecular Hbond substituents is 1. The Balaban J connectivity index is 1.79. The van der Waals surface area contributed by atoms with Gasteiger partial charge in [0.2, 0.25) is 0 Å². The van der Waals surface area contributed by atoms with E-state index in [1.807, 2.05) is 18.2 Å². The Hall–Kier alpha value is -3.80. The molecule has 0 aliphatic heterocycles. The van der Waals surface area contributed by atoms with Crippen molar-refractivity contribution < 1.29 is 24.2 Å². The maximum absolute atomic E-state index is 12.9. The summed E-state index contributed by atoms with van der Waals surface area (Å²) >= 11 is 0. The molecule has 0 bridgehead atoms. The lowest BCUT2D eigenvalue weighted by molar-refractivity contribution is -0.142. The van der Waals surface area contributed by atoms with E-state index < -0.39 is 17.9 Å². The number of para-hydroxylation sites is 2. The van der Waals surface area contributed by atoms with Gasteiger partial charge in [0, 0.05) is 6.42 Å². The van der Waals surface area contributed by atoms with Crippen molar-refractivity contribution in [3.63, 3.8) is 0 Å². The number of aromatic hydroxyl groups is 1. The summed E-state index contributed by atoms with van der Waals surface area (Å²) in [6, 6.07) is 21.5. The Kier molecular flexibility index (Phi) is 6.47. The van der Waals surface area contributed by atoms with E-state index in [1.165, 1.54) is 19.2 Å². The van der Waals surface area contributed by atoms with Crippen LogP contribution >= 0.6 is 0 Å². The molecule has 29 heavy (non-hydrogen) atoms. The third kappa shape index (κ3) is 5.35. The number of carbonyl (C=O) groups excluding carboxylic acids is 2. The molecule has 0 saturated heterocycles. The van der Waals surface area contributed by atoms with E-state index in [-0.39, 0.29) is 12.2 Å². The minimum Gasteiger partial charge on any atom is -0.508 e. The normalized spacial score (nSPS) is 11.3. The van der Waals surface area contributed by atoms with Gasteiger partial charge in [0.25, 0.3) is 5.91 Å². The van der Waals surface area contributed by atoms with Crippen LogP contribution in [0.3, 0.4) is 0 Å². The zero-order valence-electron chi connectivity index (χ0n) is 15.9. The highest BCUT2D eigenvalue weighted by Crippen LogP contribution is 2.25. The summed E-state index contributed by atoms with van der Waals surface area (Å²) in [5.41, 5.74) is 1.07. The maximum atomic E-state index is 12.9. The predicted octanol–water partition coefficient (Wildman–Crippen LogP) is 3.70. The molecule has 0 radical (unpaired) electrons. The quantitative estimate of drug-likeness (QED) is 0.600. The standard InChI is InChI=1S/C23H21NO5/c1-28-23(27)20(15-16-11-13-17(25)14-12-16)24-22(26)19-9-5-6-10-21(19)29-18-7-3-2-4-8-18/h2-14,20,25H,15H2,1H3,(H,24,26). The Morgan fingerprint density at radius 3 is 2.28 bits per heavy atom. The number of amides is 1. The molecule has 3 aromatic rings. The summed E-state index contributed by atoms with van der Waals surface area (Å²) in [6.07, 6.45) is 0.223. The molecular formula is C23H21NO5. The van der Waals surface area contributed by atoms with Gasteiger partial charge in [0.1, 0.15) is 23.3 Å². The average Bonchev–Trinajstić information content (AvgIpc) is 2.75. The smallest absolute Gasteiger partial charge is 0.328 e. The van der Waals surface area contributed by atoms with E-state index >= 15 is 0 Å². The molecule has 0 aliphatic carbocycles. The van der Waals surface area contributed by atoms with Crippen LogP contribution in [-0.2, 0) is 16.0 Å². The number of hydrogen-bond donors (Lipinski definition) is 2. The minimum atomic E-state index is -0.887. The molecule has 1 unspecified atom stereocenters. The van der Waals surface area contributed by atoms with Crippen LogP contribution in [0, 0.1) is 0 Å². The van der Waals surface area contributed by atoms with E-state index in [1.54, 1.807) is 48.5 Å². The summed E-state index contributed by atoms with van der Waals surface area (Å²) in [5.74, 6) is 0.0868. The topological polar surface area (TPSA) is 84.9 Å². The molecule has 0 fully saturated rings. The van der Waals surface area contributed by atoms with Crippen LogP contribution in [0.2, 0.25) is 0 Å². The van der Waals surface area contributed by atoms with Crippen LogP contribution in [0.1, 0.15) is 15.9 Å². The predicted molar refractivity (Wildman–Crippen MR) is 108 cm³/mol. The highest BCUT2D eigenvalue weighted by atomic mass is 16.5. The molecule has 3 rings (SSSR count). The average molecular weight is 391 g/mol. The van der Waals surface area contributed by atoms with Crippen LogP contribution < -0.4 is 10.1 Å². The Morgan fingerprint density at radius 1 is 0.931 bits per heavy atom. The monoisotopic (exact) mass is 391 g/mol. The second kappa shape index (κ2) is 9.41. The molecule has 0 aromatic heterocycles. The van der Waals surface area contributed by atoms with Crippen LogP contribution in [0.5, 0.6) is 17.2 Å². The van der Waals surface area contributed by atoms with Crippen molar-refractivity contribution in [3.8, 4) is 17.2 Å². The number of carbonyl (C=O) groups is 2. The van der Waals surface area contributed by atoms with E-state index in [0.717, 1.165) is 5.56 Å². The highest BCUT2D eigenvalue weighted by molar-refractivity contribution is 5.99. The summed E-state index contributed by atoms with van der Waals surface area (Å²) < 4.78 is 10.7. The summed E-state index contributed by atoms with van der Waals surface area (Å²) in [4.78, 5) is 25.1. The Morgan fingerprint density at radius 2 is 1.59 bits per heavy atom. The van der Waals surface area contributed by atoms with E-state index in [4.69, 9.17) is 9.47 Å². The van der Waals surface area contributed by atoms with Crippen molar-refractivity contribution in [3.05, 3.63) is 90.0 Å². The maximum Gasteiger partial charge on any atom is 0.328 e. The first kappa shape index (κ1) is 19.9. The van der Waals surface area contributed by atoms with Crippen molar-refractivity contribution in [2.75, 3.05) is 7.11 Å². The zero-order valence-corrected chi connectivity index (χ0v) is 15.9. The fourth-order valence-corrected chi connectivity index (χ4v) is 2.80. The Labute approximate surface area is 168 Å². The molecule has 2 N–H and O–H groups in total. The number of rotatable bonds is 7. The van der Waals surface area contributed by atoms with Gasteiger partial charge >= 0.3 is 5.97 Å². The van der Waals surface area contributed by atoms with Crippen molar-refractivity contribution in [2.45, 2.75) is 12.5 Å². The highest BCUT2D eigenvalue weighted by Gasteiger charge is 2.24. The van der Waals surface area contributed by atoms with Crippen molar-refractivity contribution in [1.29, 1.82) is 0 Å². The first-order valence-corrected chi connectivity index (χ1v) is 9.05. The molecule has 0 spiro atoms. The van der Waals surface area contributed by atoms with Gasteiger partial charge in [-0.05, 0) is 42.0 Å². The lowest BCUT2D eigenvalue weighted by Crippen LogP contribution is -2.43. The second-order valence-electron chi connectivity index (χ2n) is 6.33. The van der Waals surface area contributed by atoms with Gasteiger partial charge in [-0.15, -0.1) is 0 Å². The van der Waals surface area contributed by atoms with Gasteiger partial charge < -0.3 is 19.9 Å². The molecule has 0 saturated carbocycles. The summed E-state index contributed by atoms with van der Waals surface area (Å²) in [7, 11) is 1.27. The molecular weight excluding hydrogens is 370 g/mol. The molecule has 148 valence electrons. The molecule has 6 nitrogen and oxygen atoms in total. The summed E-state index contributed by atoms with van der Waals surface area (Å²) in [6.45, 7) is 0. The Bertz CT molecular complexity index is 970. The first-order chi connectivity index (χ1) is 14.1. The van der Waals surface area contributed by atoms with Crippen LogP contribution in [0.4, 0.5) is 0 Å². The van der Waals surface area contributed by atoms with Crippen LogP contribution in [-0.4, -0.2) is 30.1 Å². The molecule has 6 heteroatoms. The largest absolute Gasteiger partial charge is 0.508 e. The minimum absolute atomic E-state index is 0.124. The number of ether oxygens (including phenoxy) is 2. The molecule has 0 heterocycles. The lowest BCUT2D eigenvalue weighted by atomic mass is 10.0. The van der Waals surface area contributed by atoms with Gasteiger partial charge in [-0.25, -0.2) is 4.79 Å². The molecule has 1 atom stereocenters. The number of hydrogen-bond acceptors (Lipinski definition) is 5. The SMILES string of the molecule is COC(=O)C(Cc1ccc(O)cc1)NC(=O)c1ccccc1Oc1ccccc1. The fraction of sp³-hybridized carbons (Fsp3) is 0.130. The van der Waals surface area contributed by atoms with Crippen molar-refractivity contribution in [2.24, 2.45) is 0 Å². The summed E-state index contributed by atoms with van der Waals surface area (Å²) in [5, 5.41) is 12.1. The lowest BCUT2D eigenvalue weighted by Gasteiger charge is -2.18. The van der Waals surface area contributed by atoms with Crippen molar-refractivity contribution in [1.82, 2.24) is 5.32 Å². The van der Waals surface area contributed by atoms with Gasteiger partial charge in [0.05, 0.1) is 12.7 Å². The van der Waals surface area contributed by atoms with Gasteiger partial charge in [-0.2, -0.15) is 0 Å². The number of phenols is 1. The number of esters is 1. The zero-order chi connectivity index (χ0) is 20.6. The van der Waals surface area contributed by atoms with Crippen LogP contribution in [0.15, 0.2) is 78.9 Å². The van der Waals surface area contributed by atoms with Crippen LogP contribution in [0.25, 0.3) is 0 Å². The van der Waals surface area contributed by atoms with E-state index in [0.29, 0.717) is 17.1 Å². The first-order valence-electron chi connectivity index (χ1n) is 9.05. The van der Waals surface area contributed by atoms with Gasteiger partial charge in [0.15, 0.2) is 0 Å². The van der Waals surface area contributed by atoms with E-state index in [9.17, 15) is 14.7 Å².